The van der Waals surface area contributed by atoms with Crippen molar-refractivity contribution < 1.29 is 0 Å². The fourth-order valence-corrected chi connectivity index (χ4v) is 2.76. The molecule has 88 valence electrons. The van der Waals surface area contributed by atoms with Crippen LogP contribution in [-0.4, -0.2) is 6.04 Å². The van der Waals surface area contributed by atoms with Crippen LogP contribution in [0.1, 0.15) is 55.3 Å². The van der Waals surface area contributed by atoms with Crippen LogP contribution in [0.5, 0.6) is 0 Å². The van der Waals surface area contributed by atoms with Crippen LogP contribution in [0.3, 0.4) is 0 Å². The van der Waals surface area contributed by atoms with Gasteiger partial charge < -0.3 is 5.32 Å². The summed E-state index contributed by atoms with van der Waals surface area (Å²) in [7, 11) is 0. The number of aryl methyl sites for hydroxylation is 2. The second-order valence-corrected chi connectivity index (χ2v) is 5.23. The molecule has 2 rings (SSSR count). The van der Waals surface area contributed by atoms with Gasteiger partial charge in [-0.2, -0.15) is 0 Å². The summed E-state index contributed by atoms with van der Waals surface area (Å²) in [6.45, 7) is 6.67. The minimum Gasteiger partial charge on any atom is -0.307 e. The molecule has 0 aliphatic heterocycles. The average molecular weight is 217 g/mol. The summed E-state index contributed by atoms with van der Waals surface area (Å²) in [6, 6.07) is 7.98. The van der Waals surface area contributed by atoms with Gasteiger partial charge in [-0.05, 0) is 44.7 Å². The second-order valence-electron chi connectivity index (χ2n) is 5.23. The Morgan fingerprint density at radius 1 is 1.19 bits per heavy atom. The van der Waals surface area contributed by atoms with E-state index in [0.717, 1.165) is 6.04 Å². The van der Waals surface area contributed by atoms with E-state index in [0.29, 0.717) is 6.04 Å². The molecule has 1 unspecified atom stereocenters. The Bertz CT molecular complexity index is 350. The molecule has 0 heterocycles. The molecular weight excluding hydrogens is 194 g/mol. The Morgan fingerprint density at radius 3 is 2.56 bits per heavy atom. The predicted octanol–water partition coefficient (Wildman–Crippen LogP) is 3.90. The Morgan fingerprint density at radius 2 is 1.88 bits per heavy atom. The summed E-state index contributed by atoms with van der Waals surface area (Å²) in [5.41, 5.74) is 4.23. The van der Waals surface area contributed by atoms with Crippen molar-refractivity contribution >= 4 is 0 Å². The Kier molecular flexibility index (Phi) is 3.65. The monoisotopic (exact) mass is 217 g/mol. The van der Waals surface area contributed by atoms with Gasteiger partial charge in [-0.15, -0.1) is 0 Å². The van der Waals surface area contributed by atoms with Gasteiger partial charge in [0.25, 0.3) is 0 Å². The molecular formula is C15H23N. The van der Waals surface area contributed by atoms with Crippen molar-refractivity contribution in [3.63, 3.8) is 0 Å². The minimum atomic E-state index is 0.489. The normalized spacial score (nSPS) is 18.9. The first kappa shape index (κ1) is 11.7. The average Bonchev–Trinajstić information content (AvgIpc) is 2.74. The summed E-state index contributed by atoms with van der Waals surface area (Å²) in [6.07, 6.45) is 5.51. The van der Waals surface area contributed by atoms with Crippen LogP contribution in [0.25, 0.3) is 0 Å². The van der Waals surface area contributed by atoms with E-state index in [2.05, 4.69) is 44.3 Å². The molecule has 0 amide bonds. The maximum absolute atomic E-state index is 3.76. The fraction of sp³-hybridized carbons (Fsp3) is 0.600. The van der Waals surface area contributed by atoms with E-state index in [1.54, 1.807) is 0 Å². The van der Waals surface area contributed by atoms with Crippen LogP contribution in [0.15, 0.2) is 18.2 Å². The van der Waals surface area contributed by atoms with Gasteiger partial charge in [0, 0.05) is 12.1 Å². The van der Waals surface area contributed by atoms with Crippen molar-refractivity contribution in [3.05, 3.63) is 34.9 Å². The Labute approximate surface area is 99.3 Å². The lowest BCUT2D eigenvalue weighted by atomic mass is 9.99. The highest BCUT2D eigenvalue weighted by molar-refractivity contribution is 5.32. The molecule has 1 fully saturated rings. The predicted molar refractivity (Wildman–Crippen MR) is 69.7 cm³/mol. The third-order valence-electron chi connectivity index (χ3n) is 3.74. The number of nitrogens with one attached hydrogen (secondary N) is 1. The van der Waals surface area contributed by atoms with Gasteiger partial charge in [0.2, 0.25) is 0 Å². The molecule has 1 aliphatic carbocycles. The van der Waals surface area contributed by atoms with Crippen molar-refractivity contribution in [2.75, 3.05) is 0 Å². The highest BCUT2D eigenvalue weighted by Gasteiger charge is 2.18. The molecule has 1 atom stereocenters. The van der Waals surface area contributed by atoms with Crippen molar-refractivity contribution in [2.45, 2.75) is 58.5 Å². The van der Waals surface area contributed by atoms with Crippen LogP contribution in [0.2, 0.25) is 0 Å². The zero-order valence-electron chi connectivity index (χ0n) is 10.7. The first-order valence-electron chi connectivity index (χ1n) is 6.50. The van der Waals surface area contributed by atoms with Crippen molar-refractivity contribution in [1.82, 2.24) is 5.32 Å². The molecule has 0 bridgehead atoms. The number of hydrogen-bond donors (Lipinski definition) is 1. The quantitative estimate of drug-likeness (QED) is 0.809. The van der Waals surface area contributed by atoms with E-state index in [9.17, 15) is 0 Å². The molecule has 1 aliphatic rings. The van der Waals surface area contributed by atoms with Crippen molar-refractivity contribution in [2.24, 2.45) is 0 Å². The standard InChI is InChI=1S/C15H23N/c1-11-8-9-12(2)15(10-11)13(3)16-14-6-4-5-7-14/h8-10,13-14,16H,4-7H2,1-3H3. The molecule has 0 radical (unpaired) electrons. The smallest absolute Gasteiger partial charge is 0.0297 e. The maximum atomic E-state index is 3.76. The Balaban J connectivity index is 2.07. The van der Waals surface area contributed by atoms with Gasteiger partial charge in [0.1, 0.15) is 0 Å². The van der Waals surface area contributed by atoms with E-state index in [-0.39, 0.29) is 0 Å². The second kappa shape index (κ2) is 5.01. The maximum Gasteiger partial charge on any atom is 0.0297 e. The SMILES string of the molecule is Cc1ccc(C)c(C(C)NC2CCCC2)c1. The summed E-state index contributed by atoms with van der Waals surface area (Å²) >= 11 is 0. The summed E-state index contributed by atoms with van der Waals surface area (Å²) in [5, 5.41) is 3.76. The lowest BCUT2D eigenvalue weighted by molar-refractivity contribution is 0.460. The molecule has 0 spiro atoms. The number of rotatable bonds is 3. The number of hydrogen-bond acceptors (Lipinski definition) is 1. The van der Waals surface area contributed by atoms with Gasteiger partial charge in [0.05, 0.1) is 0 Å². The zero-order chi connectivity index (χ0) is 11.5. The van der Waals surface area contributed by atoms with Gasteiger partial charge >= 0.3 is 0 Å². The minimum absolute atomic E-state index is 0.489. The molecule has 1 heteroatoms. The first-order chi connectivity index (χ1) is 7.66. The van der Waals surface area contributed by atoms with E-state index < -0.39 is 0 Å². The summed E-state index contributed by atoms with van der Waals surface area (Å²) in [5.74, 6) is 0. The van der Waals surface area contributed by atoms with E-state index in [1.165, 1.54) is 42.4 Å². The summed E-state index contributed by atoms with van der Waals surface area (Å²) in [4.78, 5) is 0. The topological polar surface area (TPSA) is 12.0 Å². The largest absolute Gasteiger partial charge is 0.307 e. The first-order valence-corrected chi connectivity index (χ1v) is 6.50. The highest BCUT2D eigenvalue weighted by atomic mass is 14.9. The molecule has 1 aromatic carbocycles. The van der Waals surface area contributed by atoms with Crippen molar-refractivity contribution in [3.8, 4) is 0 Å². The lowest BCUT2D eigenvalue weighted by Crippen LogP contribution is -2.29. The lowest BCUT2D eigenvalue weighted by Gasteiger charge is -2.21. The molecule has 0 saturated heterocycles. The van der Waals surface area contributed by atoms with Crippen LogP contribution in [0, 0.1) is 13.8 Å². The Hall–Kier alpha value is -0.820. The highest BCUT2D eigenvalue weighted by Crippen LogP contribution is 2.24. The van der Waals surface area contributed by atoms with Crippen molar-refractivity contribution in [1.29, 1.82) is 0 Å². The van der Waals surface area contributed by atoms with Gasteiger partial charge in [-0.25, -0.2) is 0 Å². The molecule has 0 aromatic heterocycles. The molecule has 1 aromatic rings. The van der Waals surface area contributed by atoms with E-state index in [1.807, 2.05) is 0 Å². The third kappa shape index (κ3) is 2.65. The van der Waals surface area contributed by atoms with E-state index >= 15 is 0 Å². The van der Waals surface area contributed by atoms with E-state index in [4.69, 9.17) is 0 Å². The third-order valence-corrected chi connectivity index (χ3v) is 3.74. The molecule has 1 N–H and O–H groups in total. The van der Waals surface area contributed by atoms with Gasteiger partial charge in [0.15, 0.2) is 0 Å². The fourth-order valence-electron chi connectivity index (χ4n) is 2.76. The van der Waals surface area contributed by atoms with Crippen LogP contribution in [0.4, 0.5) is 0 Å². The van der Waals surface area contributed by atoms with Gasteiger partial charge in [-0.3, -0.25) is 0 Å². The molecule has 1 nitrogen and oxygen atoms in total. The van der Waals surface area contributed by atoms with Crippen LogP contribution < -0.4 is 5.32 Å². The number of benzene rings is 1. The molecule has 1 saturated carbocycles. The zero-order valence-corrected chi connectivity index (χ0v) is 10.7. The molecule has 16 heavy (non-hydrogen) atoms. The van der Waals surface area contributed by atoms with Crippen LogP contribution in [-0.2, 0) is 0 Å². The van der Waals surface area contributed by atoms with Gasteiger partial charge in [-0.1, -0.05) is 36.6 Å². The van der Waals surface area contributed by atoms with Crippen LogP contribution >= 0.6 is 0 Å². The summed E-state index contributed by atoms with van der Waals surface area (Å²) < 4.78 is 0.